The molecule has 118 valence electrons. The molecule has 0 spiro atoms. The van der Waals surface area contributed by atoms with E-state index in [2.05, 4.69) is 39.8 Å². The Kier molecular flexibility index (Phi) is 5.45. The lowest BCUT2D eigenvalue weighted by Gasteiger charge is -2.29. The van der Waals surface area contributed by atoms with Gasteiger partial charge in [0.1, 0.15) is 6.10 Å². The van der Waals surface area contributed by atoms with Crippen molar-refractivity contribution in [2.45, 2.75) is 71.0 Å². The summed E-state index contributed by atoms with van der Waals surface area (Å²) in [4.78, 5) is 0. The van der Waals surface area contributed by atoms with Crippen molar-refractivity contribution in [2.24, 2.45) is 5.92 Å². The average molecular weight is 290 g/mol. The van der Waals surface area contributed by atoms with Crippen molar-refractivity contribution >= 4 is 0 Å². The lowest BCUT2D eigenvalue weighted by molar-refractivity contribution is -0.0467. The minimum Gasteiger partial charge on any atom is -0.386 e. The molecule has 21 heavy (non-hydrogen) atoms. The van der Waals surface area contributed by atoms with Crippen LogP contribution in [0.1, 0.15) is 70.6 Å². The molecule has 0 heterocycles. The molecule has 3 unspecified atom stereocenters. The van der Waals surface area contributed by atoms with Gasteiger partial charge in [0.2, 0.25) is 0 Å². The number of aliphatic hydroxyl groups excluding tert-OH is 1. The van der Waals surface area contributed by atoms with Crippen LogP contribution in [0.3, 0.4) is 0 Å². The van der Waals surface area contributed by atoms with Crippen molar-refractivity contribution in [1.29, 1.82) is 0 Å². The topological polar surface area (TPSA) is 29.5 Å². The van der Waals surface area contributed by atoms with Crippen molar-refractivity contribution in [2.75, 3.05) is 6.61 Å². The van der Waals surface area contributed by atoms with Gasteiger partial charge in [0.15, 0.2) is 0 Å². The summed E-state index contributed by atoms with van der Waals surface area (Å²) in [7, 11) is 0. The highest BCUT2D eigenvalue weighted by Crippen LogP contribution is 2.28. The van der Waals surface area contributed by atoms with Crippen molar-refractivity contribution in [1.82, 2.24) is 0 Å². The van der Waals surface area contributed by atoms with E-state index in [0.29, 0.717) is 18.6 Å². The van der Waals surface area contributed by atoms with Crippen molar-refractivity contribution in [3.05, 3.63) is 35.4 Å². The average Bonchev–Trinajstić information content (AvgIpc) is 2.45. The molecule has 3 atom stereocenters. The Labute approximate surface area is 129 Å². The van der Waals surface area contributed by atoms with Crippen LogP contribution in [0.4, 0.5) is 0 Å². The summed E-state index contributed by atoms with van der Waals surface area (Å²) in [5.41, 5.74) is 2.39. The first-order valence-electron chi connectivity index (χ1n) is 8.28. The Balaban J connectivity index is 1.89. The second-order valence-corrected chi connectivity index (χ2v) is 7.52. The lowest BCUT2D eigenvalue weighted by Crippen LogP contribution is -2.27. The maximum atomic E-state index is 10.3. The van der Waals surface area contributed by atoms with Crippen LogP contribution in [0, 0.1) is 5.92 Å². The fourth-order valence-corrected chi connectivity index (χ4v) is 3.05. The Morgan fingerprint density at radius 1 is 1.14 bits per heavy atom. The number of rotatable bonds is 4. The molecule has 0 amide bonds. The zero-order valence-electron chi connectivity index (χ0n) is 13.9. The summed E-state index contributed by atoms with van der Waals surface area (Å²) >= 11 is 0. The van der Waals surface area contributed by atoms with E-state index in [-0.39, 0.29) is 5.41 Å². The smallest absolute Gasteiger partial charge is 0.102 e. The number of benzene rings is 1. The predicted molar refractivity (Wildman–Crippen MR) is 87.5 cm³/mol. The molecule has 1 aliphatic carbocycles. The van der Waals surface area contributed by atoms with E-state index in [1.165, 1.54) is 24.8 Å². The third-order valence-electron chi connectivity index (χ3n) is 4.66. The van der Waals surface area contributed by atoms with Crippen molar-refractivity contribution in [3.8, 4) is 0 Å². The molecule has 0 bridgehead atoms. The molecule has 0 saturated heterocycles. The van der Waals surface area contributed by atoms with Gasteiger partial charge >= 0.3 is 0 Å². The molecule has 0 aliphatic heterocycles. The van der Waals surface area contributed by atoms with E-state index in [1.54, 1.807) is 0 Å². The third kappa shape index (κ3) is 4.55. The first kappa shape index (κ1) is 16.5. The molecule has 1 aromatic rings. The largest absolute Gasteiger partial charge is 0.386 e. The van der Waals surface area contributed by atoms with Gasteiger partial charge in [-0.2, -0.15) is 0 Å². The van der Waals surface area contributed by atoms with Gasteiger partial charge in [0.25, 0.3) is 0 Å². The van der Waals surface area contributed by atoms with Gasteiger partial charge in [-0.1, -0.05) is 64.8 Å². The van der Waals surface area contributed by atoms with Crippen LogP contribution in [0.5, 0.6) is 0 Å². The van der Waals surface area contributed by atoms with Crippen LogP contribution in [0.15, 0.2) is 24.3 Å². The molecule has 1 N–H and O–H groups in total. The Morgan fingerprint density at radius 2 is 1.76 bits per heavy atom. The highest BCUT2D eigenvalue weighted by Gasteiger charge is 2.23. The van der Waals surface area contributed by atoms with Crippen LogP contribution in [0.25, 0.3) is 0 Å². The van der Waals surface area contributed by atoms with E-state index in [0.717, 1.165) is 12.0 Å². The number of hydrogen-bond acceptors (Lipinski definition) is 2. The number of aliphatic hydroxyl groups is 1. The standard InChI is InChI=1S/C19H30O2/c1-14-7-5-6-8-18(14)21-13-17(20)15-9-11-16(12-10-15)19(2,3)4/h9-12,14,17-18,20H,5-8,13H2,1-4H3. The molecular weight excluding hydrogens is 260 g/mol. The van der Waals surface area contributed by atoms with Gasteiger partial charge in [-0.3, -0.25) is 0 Å². The Hall–Kier alpha value is -0.860. The van der Waals surface area contributed by atoms with Crippen LogP contribution in [-0.2, 0) is 10.2 Å². The second-order valence-electron chi connectivity index (χ2n) is 7.52. The fraction of sp³-hybridized carbons (Fsp3) is 0.684. The van der Waals surface area contributed by atoms with E-state index in [9.17, 15) is 5.11 Å². The normalized spacial score (nSPS) is 24.8. The minimum atomic E-state index is -0.520. The van der Waals surface area contributed by atoms with Gasteiger partial charge < -0.3 is 9.84 Å². The summed E-state index contributed by atoms with van der Waals surface area (Å²) in [5.74, 6) is 0.620. The van der Waals surface area contributed by atoms with E-state index in [4.69, 9.17) is 4.74 Å². The lowest BCUT2D eigenvalue weighted by atomic mass is 9.86. The maximum Gasteiger partial charge on any atom is 0.102 e. The van der Waals surface area contributed by atoms with Crippen LogP contribution in [-0.4, -0.2) is 17.8 Å². The molecule has 1 fully saturated rings. The molecule has 2 nitrogen and oxygen atoms in total. The molecule has 2 rings (SSSR count). The quantitative estimate of drug-likeness (QED) is 0.877. The Bertz CT molecular complexity index is 430. The number of ether oxygens (including phenoxy) is 1. The first-order valence-corrected chi connectivity index (χ1v) is 8.28. The SMILES string of the molecule is CC1CCCCC1OCC(O)c1ccc(C(C)(C)C)cc1. The second kappa shape index (κ2) is 6.93. The summed E-state index contributed by atoms with van der Waals surface area (Å²) in [6, 6.07) is 8.28. The third-order valence-corrected chi connectivity index (χ3v) is 4.66. The van der Waals surface area contributed by atoms with E-state index < -0.39 is 6.10 Å². The van der Waals surface area contributed by atoms with Gasteiger partial charge in [0.05, 0.1) is 12.7 Å². The summed E-state index contributed by atoms with van der Waals surface area (Å²) in [5, 5.41) is 10.3. The zero-order chi connectivity index (χ0) is 15.5. The van der Waals surface area contributed by atoms with Crippen LogP contribution < -0.4 is 0 Å². The van der Waals surface area contributed by atoms with Gasteiger partial charge in [-0.05, 0) is 35.3 Å². The zero-order valence-corrected chi connectivity index (χ0v) is 13.9. The first-order chi connectivity index (χ1) is 9.88. The summed E-state index contributed by atoms with van der Waals surface area (Å²) < 4.78 is 5.96. The summed E-state index contributed by atoms with van der Waals surface area (Å²) in [6.45, 7) is 9.27. The number of hydrogen-bond donors (Lipinski definition) is 1. The highest BCUT2D eigenvalue weighted by atomic mass is 16.5. The molecule has 1 saturated carbocycles. The van der Waals surface area contributed by atoms with Gasteiger partial charge in [0, 0.05) is 0 Å². The highest BCUT2D eigenvalue weighted by molar-refractivity contribution is 5.28. The molecule has 0 aromatic heterocycles. The monoisotopic (exact) mass is 290 g/mol. The molecular formula is C19H30O2. The van der Waals surface area contributed by atoms with Crippen LogP contribution in [0.2, 0.25) is 0 Å². The van der Waals surface area contributed by atoms with Gasteiger partial charge in [-0.25, -0.2) is 0 Å². The molecule has 0 radical (unpaired) electrons. The van der Waals surface area contributed by atoms with Crippen LogP contribution >= 0.6 is 0 Å². The molecule has 1 aliphatic rings. The van der Waals surface area contributed by atoms with Gasteiger partial charge in [-0.15, -0.1) is 0 Å². The van der Waals surface area contributed by atoms with Crippen molar-refractivity contribution < 1.29 is 9.84 Å². The summed E-state index contributed by atoms with van der Waals surface area (Å²) in [6.07, 6.45) is 4.76. The van der Waals surface area contributed by atoms with Crippen molar-refractivity contribution in [3.63, 3.8) is 0 Å². The van der Waals surface area contributed by atoms with E-state index >= 15 is 0 Å². The molecule has 2 heteroatoms. The molecule has 1 aromatic carbocycles. The maximum absolute atomic E-state index is 10.3. The minimum absolute atomic E-state index is 0.150. The van der Waals surface area contributed by atoms with E-state index in [1.807, 2.05) is 12.1 Å². The fourth-order valence-electron chi connectivity index (χ4n) is 3.05. The predicted octanol–water partition coefficient (Wildman–Crippen LogP) is 4.61. The Morgan fingerprint density at radius 3 is 2.33 bits per heavy atom.